The molecule has 2 saturated heterocycles. The Labute approximate surface area is 172 Å². The molecule has 1 saturated carbocycles. The summed E-state index contributed by atoms with van der Waals surface area (Å²) in [6.07, 6.45) is 6.77. The van der Waals surface area contributed by atoms with Gasteiger partial charge in [0.15, 0.2) is 0 Å². The molecule has 3 fully saturated rings. The summed E-state index contributed by atoms with van der Waals surface area (Å²) in [6, 6.07) is 8.57. The molecule has 0 spiro atoms. The molecular weight excluding hydrogens is 366 g/mol. The molecule has 6 heteroatoms. The molecule has 0 aromatic heterocycles. The summed E-state index contributed by atoms with van der Waals surface area (Å²) in [4.78, 5) is 42.4. The molecule has 3 aliphatic rings. The highest BCUT2D eigenvalue weighted by Gasteiger charge is 2.39. The number of rotatable bonds is 5. The molecule has 3 amide bonds. The molecule has 29 heavy (non-hydrogen) atoms. The van der Waals surface area contributed by atoms with Crippen molar-refractivity contribution in [3.05, 3.63) is 35.9 Å². The van der Waals surface area contributed by atoms with Gasteiger partial charge in [0.05, 0.1) is 0 Å². The minimum absolute atomic E-state index is 0.0425. The second kappa shape index (κ2) is 8.97. The number of carbonyl (C=O) groups is 3. The lowest BCUT2D eigenvalue weighted by atomic mass is 9.87. The van der Waals surface area contributed by atoms with Crippen molar-refractivity contribution in [3.8, 4) is 0 Å². The van der Waals surface area contributed by atoms with Gasteiger partial charge in [-0.2, -0.15) is 0 Å². The molecular formula is C23H31N3O3. The van der Waals surface area contributed by atoms with Crippen molar-refractivity contribution in [2.45, 2.75) is 51.0 Å². The van der Waals surface area contributed by atoms with E-state index in [9.17, 15) is 14.4 Å². The highest BCUT2D eigenvalue weighted by Crippen LogP contribution is 2.33. The number of hydrogen-bond donors (Lipinski definition) is 1. The van der Waals surface area contributed by atoms with Gasteiger partial charge >= 0.3 is 0 Å². The van der Waals surface area contributed by atoms with Crippen LogP contribution in [0.5, 0.6) is 0 Å². The monoisotopic (exact) mass is 397 g/mol. The van der Waals surface area contributed by atoms with Gasteiger partial charge in [0.1, 0.15) is 6.04 Å². The van der Waals surface area contributed by atoms with Gasteiger partial charge in [0.25, 0.3) is 5.91 Å². The smallest absolute Gasteiger partial charge is 0.251 e. The first-order valence-electron chi connectivity index (χ1n) is 11.1. The van der Waals surface area contributed by atoms with Crippen molar-refractivity contribution in [1.29, 1.82) is 0 Å². The van der Waals surface area contributed by atoms with Gasteiger partial charge in [-0.05, 0) is 63.0 Å². The number of amides is 3. The molecule has 1 atom stereocenters. The third kappa shape index (κ3) is 4.80. The average molecular weight is 398 g/mol. The fourth-order valence-corrected chi connectivity index (χ4v) is 4.55. The Bertz CT molecular complexity index is 733. The topological polar surface area (TPSA) is 69.7 Å². The third-order valence-corrected chi connectivity index (χ3v) is 6.51. The Hall–Kier alpha value is -2.37. The number of likely N-dealkylation sites (tertiary alicyclic amines) is 2. The number of nitrogens with zero attached hydrogens (tertiary/aromatic N) is 2. The number of hydrogen-bond acceptors (Lipinski definition) is 3. The fraction of sp³-hybridized carbons (Fsp3) is 0.609. The Morgan fingerprint density at radius 3 is 2.10 bits per heavy atom. The first-order chi connectivity index (χ1) is 14.1. The molecule has 4 rings (SSSR count). The number of piperidine rings is 2. The molecule has 2 aliphatic heterocycles. The quantitative estimate of drug-likeness (QED) is 0.830. The Kier molecular flexibility index (Phi) is 6.16. The summed E-state index contributed by atoms with van der Waals surface area (Å²) < 4.78 is 0. The minimum Gasteiger partial charge on any atom is -0.342 e. The van der Waals surface area contributed by atoms with Gasteiger partial charge in [-0.25, -0.2) is 0 Å². The maximum absolute atomic E-state index is 13.3. The van der Waals surface area contributed by atoms with Crippen LogP contribution >= 0.6 is 0 Å². The van der Waals surface area contributed by atoms with Crippen molar-refractivity contribution in [3.63, 3.8) is 0 Å². The van der Waals surface area contributed by atoms with E-state index in [0.717, 1.165) is 58.0 Å². The lowest BCUT2D eigenvalue weighted by molar-refractivity contribution is -0.137. The number of benzene rings is 1. The fourth-order valence-electron chi connectivity index (χ4n) is 4.55. The molecule has 0 unspecified atom stereocenters. The zero-order valence-electron chi connectivity index (χ0n) is 17.0. The first-order valence-corrected chi connectivity index (χ1v) is 11.1. The molecule has 1 aromatic carbocycles. The highest BCUT2D eigenvalue weighted by molar-refractivity contribution is 5.97. The van der Waals surface area contributed by atoms with Crippen LogP contribution in [-0.4, -0.2) is 59.7 Å². The van der Waals surface area contributed by atoms with Crippen molar-refractivity contribution in [2.75, 3.05) is 26.2 Å². The van der Waals surface area contributed by atoms with Gasteiger partial charge in [0.2, 0.25) is 11.8 Å². The summed E-state index contributed by atoms with van der Waals surface area (Å²) in [5.41, 5.74) is 0.574. The zero-order valence-corrected chi connectivity index (χ0v) is 17.0. The van der Waals surface area contributed by atoms with Crippen LogP contribution in [0.2, 0.25) is 0 Å². The average Bonchev–Trinajstić information content (AvgIpc) is 3.63. The van der Waals surface area contributed by atoms with Crippen molar-refractivity contribution in [1.82, 2.24) is 15.1 Å². The van der Waals surface area contributed by atoms with Crippen molar-refractivity contribution in [2.24, 2.45) is 11.8 Å². The lowest BCUT2D eigenvalue weighted by Gasteiger charge is -2.38. The van der Waals surface area contributed by atoms with Crippen LogP contribution in [0.1, 0.15) is 55.3 Å². The van der Waals surface area contributed by atoms with E-state index >= 15 is 0 Å². The van der Waals surface area contributed by atoms with Crippen molar-refractivity contribution < 1.29 is 14.4 Å². The van der Waals surface area contributed by atoms with E-state index in [-0.39, 0.29) is 29.6 Å². The molecule has 0 radical (unpaired) electrons. The zero-order chi connectivity index (χ0) is 20.2. The molecule has 2 heterocycles. The van der Waals surface area contributed by atoms with Gasteiger partial charge in [0, 0.05) is 37.7 Å². The second-order valence-corrected chi connectivity index (χ2v) is 8.64. The van der Waals surface area contributed by atoms with E-state index in [0.29, 0.717) is 18.7 Å². The predicted molar refractivity (Wildman–Crippen MR) is 110 cm³/mol. The van der Waals surface area contributed by atoms with E-state index in [1.54, 1.807) is 12.1 Å². The summed E-state index contributed by atoms with van der Waals surface area (Å²) in [6.45, 7) is 2.92. The Morgan fingerprint density at radius 2 is 1.48 bits per heavy atom. The van der Waals surface area contributed by atoms with Crippen LogP contribution in [0.3, 0.4) is 0 Å². The highest BCUT2D eigenvalue weighted by atomic mass is 16.2. The van der Waals surface area contributed by atoms with E-state index < -0.39 is 6.04 Å². The first kappa shape index (κ1) is 19.9. The Balaban J connectivity index is 1.44. The van der Waals surface area contributed by atoms with E-state index in [2.05, 4.69) is 5.32 Å². The van der Waals surface area contributed by atoms with Crippen LogP contribution in [0.4, 0.5) is 0 Å². The molecule has 1 aliphatic carbocycles. The maximum atomic E-state index is 13.3. The van der Waals surface area contributed by atoms with E-state index in [1.165, 1.54) is 0 Å². The summed E-state index contributed by atoms with van der Waals surface area (Å²) >= 11 is 0. The van der Waals surface area contributed by atoms with Crippen LogP contribution in [0, 0.1) is 11.8 Å². The van der Waals surface area contributed by atoms with Gasteiger partial charge in [-0.15, -0.1) is 0 Å². The number of nitrogens with one attached hydrogen (secondary N) is 1. The lowest BCUT2D eigenvalue weighted by Crippen LogP contribution is -2.55. The SMILES string of the molecule is O=C(N[C@@H](C(=O)N1CCCCC1)C1CCN(C(=O)C2CC2)CC1)c1ccccc1. The predicted octanol–water partition coefficient (Wildman–Crippen LogP) is 2.45. The third-order valence-electron chi connectivity index (χ3n) is 6.51. The summed E-state index contributed by atoms with van der Waals surface area (Å²) in [7, 11) is 0. The largest absolute Gasteiger partial charge is 0.342 e. The molecule has 1 N–H and O–H groups in total. The molecule has 6 nitrogen and oxygen atoms in total. The standard InChI is InChI=1S/C23H31N3O3/c27-21(18-7-3-1-4-8-18)24-20(23(29)25-13-5-2-6-14-25)17-11-15-26(16-12-17)22(28)19-9-10-19/h1,3-4,7-8,17,19-20H,2,5-6,9-16H2,(H,24,27)/t20-/m1/s1. The molecule has 1 aromatic rings. The van der Waals surface area contributed by atoms with Gasteiger partial charge < -0.3 is 15.1 Å². The van der Waals surface area contributed by atoms with Crippen LogP contribution < -0.4 is 5.32 Å². The van der Waals surface area contributed by atoms with E-state index in [4.69, 9.17) is 0 Å². The second-order valence-electron chi connectivity index (χ2n) is 8.64. The van der Waals surface area contributed by atoms with Crippen molar-refractivity contribution >= 4 is 17.7 Å². The minimum atomic E-state index is -0.515. The number of carbonyl (C=O) groups excluding carboxylic acids is 3. The van der Waals surface area contributed by atoms with Crippen LogP contribution in [0.25, 0.3) is 0 Å². The molecule has 0 bridgehead atoms. The normalized spacial score (nSPS) is 21.5. The van der Waals surface area contributed by atoms with Gasteiger partial charge in [-0.3, -0.25) is 14.4 Å². The van der Waals surface area contributed by atoms with E-state index in [1.807, 2.05) is 28.0 Å². The van der Waals surface area contributed by atoms with Gasteiger partial charge in [-0.1, -0.05) is 18.2 Å². The van der Waals surface area contributed by atoms with Crippen LogP contribution in [-0.2, 0) is 9.59 Å². The Morgan fingerprint density at radius 1 is 0.828 bits per heavy atom. The summed E-state index contributed by atoms with van der Waals surface area (Å²) in [5, 5.41) is 3.05. The molecule has 156 valence electrons. The maximum Gasteiger partial charge on any atom is 0.251 e. The van der Waals surface area contributed by atoms with Crippen LogP contribution in [0.15, 0.2) is 30.3 Å². The summed E-state index contributed by atoms with van der Waals surface area (Å²) in [5.74, 6) is 0.421.